The van der Waals surface area contributed by atoms with E-state index < -0.39 is 6.04 Å². The Kier molecular flexibility index (Phi) is 1.77. The second-order valence-corrected chi connectivity index (χ2v) is 3.13. The summed E-state index contributed by atoms with van der Waals surface area (Å²) in [6, 6.07) is -0.406. The number of nitrogens with two attached hydrogens (primary N) is 1. The maximum Gasteiger partial charge on any atom is 0.333 e. The van der Waals surface area contributed by atoms with Crippen LogP contribution in [0.5, 0.6) is 5.75 Å². The Morgan fingerprint density at radius 1 is 1.50 bits per heavy atom. The van der Waals surface area contributed by atoms with Crippen molar-refractivity contribution in [2.45, 2.75) is 19.9 Å². The molecule has 0 aliphatic carbocycles. The summed E-state index contributed by atoms with van der Waals surface area (Å²) < 4.78 is 5.05. The number of nitrogen functional groups attached to an aromatic ring is 1. The summed E-state index contributed by atoms with van der Waals surface area (Å²) >= 11 is 0. The van der Waals surface area contributed by atoms with Crippen LogP contribution in [0, 0.1) is 6.92 Å². The number of anilines is 2. The van der Waals surface area contributed by atoms with Gasteiger partial charge in [-0.1, -0.05) is 0 Å². The van der Waals surface area contributed by atoms with Crippen molar-refractivity contribution >= 4 is 17.7 Å². The molecule has 74 valence electrons. The summed E-state index contributed by atoms with van der Waals surface area (Å²) in [4.78, 5) is 19.1. The molecule has 1 aliphatic rings. The quantitative estimate of drug-likeness (QED) is 0.569. The highest BCUT2D eigenvalue weighted by Crippen LogP contribution is 2.30. The van der Waals surface area contributed by atoms with Crippen LogP contribution in [0.1, 0.15) is 12.6 Å². The molecule has 1 aromatic heterocycles. The van der Waals surface area contributed by atoms with Crippen LogP contribution in [0.15, 0.2) is 0 Å². The van der Waals surface area contributed by atoms with Crippen LogP contribution in [0.25, 0.3) is 0 Å². The first kappa shape index (κ1) is 8.74. The summed E-state index contributed by atoms with van der Waals surface area (Å²) in [7, 11) is 0. The molecule has 0 saturated carbocycles. The fraction of sp³-hybridized carbons (Fsp3) is 0.375. The number of aromatic nitrogens is 2. The van der Waals surface area contributed by atoms with Crippen LogP contribution in [0.4, 0.5) is 11.8 Å². The van der Waals surface area contributed by atoms with Crippen molar-refractivity contribution in [2.75, 3.05) is 11.1 Å². The molecular formula is C8H10N4O2. The van der Waals surface area contributed by atoms with Crippen molar-refractivity contribution in [3.8, 4) is 5.75 Å². The first-order valence-corrected chi connectivity index (χ1v) is 4.20. The Hall–Kier alpha value is -1.85. The Morgan fingerprint density at radius 2 is 2.21 bits per heavy atom. The van der Waals surface area contributed by atoms with E-state index in [4.69, 9.17) is 10.5 Å². The molecule has 0 amide bonds. The van der Waals surface area contributed by atoms with E-state index in [2.05, 4.69) is 15.3 Å². The van der Waals surface area contributed by atoms with Crippen molar-refractivity contribution in [3.63, 3.8) is 0 Å². The van der Waals surface area contributed by atoms with Gasteiger partial charge in [0, 0.05) is 0 Å². The zero-order valence-electron chi connectivity index (χ0n) is 7.87. The molecule has 3 N–H and O–H groups in total. The summed E-state index contributed by atoms with van der Waals surface area (Å²) in [6.07, 6.45) is 0. The minimum absolute atomic E-state index is 0.166. The van der Waals surface area contributed by atoms with E-state index in [9.17, 15) is 4.79 Å². The SMILES string of the molecule is Cc1nc(N)nc2c1OC(=O)C(C)N2. The van der Waals surface area contributed by atoms with Gasteiger partial charge in [0.15, 0.2) is 11.6 Å². The molecule has 0 spiro atoms. The number of rotatable bonds is 0. The molecular weight excluding hydrogens is 184 g/mol. The van der Waals surface area contributed by atoms with E-state index in [-0.39, 0.29) is 11.9 Å². The van der Waals surface area contributed by atoms with Gasteiger partial charge in [-0.15, -0.1) is 0 Å². The third-order valence-corrected chi connectivity index (χ3v) is 1.96. The normalized spacial score (nSPS) is 19.6. The fourth-order valence-electron chi connectivity index (χ4n) is 1.26. The molecule has 0 saturated heterocycles. The number of aryl methyl sites for hydroxylation is 1. The number of carbonyl (C=O) groups excluding carboxylic acids is 1. The third-order valence-electron chi connectivity index (χ3n) is 1.96. The molecule has 0 bridgehead atoms. The van der Waals surface area contributed by atoms with E-state index in [0.717, 1.165) is 0 Å². The summed E-state index contributed by atoms with van der Waals surface area (Å²) in [5, 5.41) is 2.89. The van der Waals surface area contributed by atoms with Crippen LogP contribution in [-0.2, 0) is 4.79 Å². The Labute approximate surface area is 80.5 Å². The van der Waals surface area contributed by atoms with Crippen LogP contribution >= 0.6 is 0 Å². The van der Waals surface area contributed by atoms with Gasteiger partial charge in [-0.3, -0.25) is 0 Å². The van der Waals surface area contributed by atoms with E-state index >= 15 is 0 Å². The van der Waals surface area contributed by atoms with E-state index in [0.29, 0.717) is 17.3 Å². The van der Waals surface area contributed by atoms with Crippen LogP contribution in [-0.4, -0.2) is 22.0 Å². The first-order chi connectivity index (χ1) is 6.58. The molecule has 0 fully saturated rings. The number of esters is 1. The molecule has 2 rings (SSSR count). The molecule has 14 heavy (non-hydrogen) atoms. The number of ether oxygens (including phenoxy) is 1. The average Bonchev–Trinajstić information content (AvgIpc) is 2.08. The number of hydrogen-bond donors (Lipinski definition) is 2. The summed E-state index contributed by atoms with van der Waals surface area (Å²) in [5.41, 5.74) is 6.02. The monoisotopic (exact) mass is 194 g/mol. The highest BCUT2D eigenvalue weighted by molar-refractivity contribution is 5.85. The maximum absolute atomic E-state index is 11.2. The smallest absolute Gasteiger partial charge is 0.333 e. The van der Waals surface area contributed by atoms with Crippen LogP contribution in [0.3, 0.4) is 0 Å². The number of nitrogens with one attached hydrogen (secondary N) is 1. The lowest BCUT2D eigenvalue weighted by Gasteiger charge is -2.22. The highest BCUT2D eigenvalue weighted by atomic mass is 16.5. The lowest BCUT2D eigenvalue weighted by molar-refractivity contribution is -0.135. The Balaban J connectivity index is 2.51. The lowest BCUT2D eigenvalue weighted by atomic mass is 10.2. The molecule has 0 aromatic carbocycles. The van der Waals surface area contributed by atoms with Crippen molar-refractivity contribution in [3.05, 3.63) is 5.69 Å². The van der Waals surface area contributed by atoms with Gasteiger partial charge in [0.25, 0.3) is 0 Å². The zero-order chi connectivity index (χ0) is 10.3. The highest BCUT2D eigenvalue weighted by Gasteiger charge is 2.27. The Bertz CT molecular complexity index is 405. The molecule has 1 aromatic rings. The molecule has 0 radical (unpaired) electrons. The standard InChI is InChI=1S/C8H10N4O2/c1-3-5-6(12-8(9)11-3)10-4(2)7(13)14-5/h4H,1-2H3,(H3,9,10,11,12). The van der Waals surface area contributed by atoms with Crippen LogP contribution < -0.4 is 15.8 Å². The molecule has 6 nitrogen and oxygen atoms in total. The summed E-state index contributed by atoms with van der Waals surface area (Å²) in [6.45, 7) is 3.40. The van der Waals surface area contributed by atoms with E-state index in [1.807, 2.05) is 0 Å². The Morgan fingerprint density at radius 3 is 2.93 bits per heavy atom. The predicted octanol–water partition coefficient (Wildman–Crippen LogP) is 0.0866. The summed E-state index contributed by atoms with van der Waals surface area (Å²) in [5.74, 6) is 0.664. The second-order valence-electron chi connectivity index (χ2n) is 3.13. The van der Waals surface area contributed by atoms with E-state index in [1.54, 1.807) is 13.8 Å². The second kappa shape index (κ2) is 2.83. The lowest BCUT2D eigenvalue weighted by Crippen LogP contribution is -2.35. The van der Waals surface area contributed by atoms with Gasteiger partial charge < -0.3 is 15.8 Å². The van der Waals surface area contributed by atoms with E-state index in [1.165, 1.54) is 0 Å². The number of nitrogens with zero attached hydrogens (tertiary/aromatic N) is 2. The van der Waals surface area contributed by atoms with Crippen molar-refractivity contribution < 1.29 is 9.53 Å². The zero-order valence-corrected chi connectivity index (χ0v) is 7.87. The topological polar surface area (TPSA) is 90.1 Å². The van der Waals surface area contributed by atoms with Gasteiger partial charge in [0.05, 0.1) is 5.69 Å². The third kappa shape index (κ3) is 1.24. The predicted molar refractivity (Wildman–Crippen MR) is 49.9 cm³/mol. The molecule has 1 atom stereocenters. The minimum Gasteiger partial charge on any atom is -0.419 e. The van der Waals surface area contributed by atoms with Gasteiger partial charge in [-0.05, 0) is 13.8 Å². The average molecular weight is 194 g/mol. The number of hydrogen-bond acceptors (Lipinski definition) is 6. The number of fused-ring (bicyclic) bond motifs is 1. The maximum atomic E-state index is 11.2. The number of carbonyl (C=O) groups is 1. The molecule has 1 aliphatic heterocycles. The van der Waals surface area contributed by atoms with Crippen LogP contribution in [0.2, 0.25) is 0 Å². The molecule has 6 heteroatoms. The van der Waals surface area contributed by atoms with Gasteiger partial charge in [0.1, 0.15) is 6.04 Å². The van der Waals surface area contributed by atoms with Crippen molar-refractivity contribution in [1.29, 1.82) is 0 Å². The van der Waals surface area contributed by atoms with Gasteiger partial charge in [0.2, 0.25) is 5.95 Å². The first-order valence-electron chi connectivity index (χ1n) is 4.20. The molecule has 1 unspecified atom stereocenters. The van der Waals surface area contributed by atoms with Gasteiger partial charge in [-0.25, -0.2) is 9.78 Å². The van der Waals surface area contributed by atoms with Gasteiger partial charge >= 0.3 is 5.97 Å². The minimum atomic E-state index is -0.406. The molecule has 2 heterocycles. The fourth-order valence-corrected chi connectivity index (χ4v) is 1.26. The van der Waals surface area contributed by atoms with Crippen molar-refractivity contribution in [1.82, 2.24) is 9.97 Å². The van der Waals surface area contributed by atoms with Gasteiger partial charge in [-0.2, -0.15) is 4.98 Å². The largest absolute Gasteiger partial charge is 0.419 e. The van der Waals surface area contributed by atoms with Crippen molar-refractivity contribution in [2.24, 2.45) is 0 Å².